The van der Waals surface area contributed by atoms with Crippen molar-refractivity contribution in [2.45, 2.75) is 66.7 Å². The maximum Gasteiger partial charge on any atom is 0.215 e. The lowest BCUT2D eigenvalue weighted by Crippen LogP contribution is -2.33. The number of pyridine rings is 1. The van der Waals surface area contributed by atoms with Crippen LogP contribution in [0, 0.1) is 20.8 Å². The number of rotatable bonds is 2. The van der Waals surface area contributed by atoms with Gasteiger partial charge in [0.25, 0.3) is 0 Å². The number of hydrogen-bond acceptors (Lipinski definition) is 0. The van der Waals surface area contributed by atoms with Crippen LogP contribution in [-0.2, 0) is 12.5 Å². The van der Waals surface area contributed by atoms with Gasteiger partial charge in [0, 0.05) is 16.7 Å². The van der Waals surface area contributed by atoms with Crippen molar-refractivity contribution in [2.24, 2.45) is 7.05 Å². The molecule has 0 N–H and O–H groups in total. The largest absolute Gasteiger partial charge is 0.215 e. The molecule has 1 nitrogen and oxygen atoms in total. The van der Waals surface area contributed by atoms with Crippen LogP contribution < -0.4 is 4.57 Å². The van der Waals surface area contributed by atoms with Crippen LogP contribution in [0.4, 0.5) is 0 Å². The molecule has 0 unspecified atom stereocenters. The number of benzene rings is 1. The number of aryl methyl sites for hydroxylation is 2. The van der Waals surface area contributed by atoms with E-state index in [4.69, 9.17) is 0 Å². The van der Waals surface area contributed by atoms with Gasteiger partial charge in [-0.2, -0.15) is 0 Å². The third-order valence-electron chi connectivity index (χ3n) is 5.02. The summed E-state index contributed by atoms with van der Waals surface area (Å²) in [5.41, 5.74) is 9.87. The highest BCUT2D eigenvalue weighted by Crippen LogP contribution is 2.32. The predicted octanol–water partition coefficient (Wildman–Crippen LogP) is 5.52. The molecule has 0 fully saturated rings. The van der Waals surface area contributed by atoms with Crippen molar-refractivity contribution in [2.75, 3.05) is 0 Å². The van der Waals surface area contributed by atoms with Crippen molar-refractivity contribution in [3.63, 3.8) is 0 Å². The fraction of sp³-hybridized carbons (Fsp3) is 0.500. The molecule has 1 heteroatoms. The van der Waals surface area contributed by atoms with Crippen LogP contribution in [0.1, 0.15) is 68.4 Å². The third-order valence-corrected chi connectivity index (χ3v) is 5.02. The smallest absolute Gasteiger partial charge is 0.200 e. The zero-order chi connectivity index (χ0) is 17.5. The lowest BCUT2D eigenvalue weighted by molar-refractivity contribution is -0.661. The van der Waals surface area contributed by atoms with E-state index < -0.39 is 0 Å². The molecule has 0 saturated carbocycles. The molecule has 2 rings (SSSR count). The molecule has 1 heterocycles. The Kier molecular flexibility index (Phi) is 4.71. The normalized spacial score (nSPS) is 12.1. The standard InChI is InChI=1S/C22H32N/c1-14(2)20-13-23(9)21(17(5)16(20)4)19-12-18(22(6,7)8)11-10-15(19)3/h10-14H,1-9H3/q+1. The van der Waals surface area contributed by atoms with Gasteiger partial charge in [-0.3, -0.25) is 0 Å². The first kappa shape index (κ1) is 17.7. The Morgan fingerprint density at radius 1 is 0.957 bits per heavy atom. The summed E-state index contributed by atoms with van der Waals surface area (Å²) in [7, 11) is 2.18. The SMILES string of the molecule is Cc1ccc(C(C)(C)C)cc1-c1c(C)c(C)c(C(C)C)c[n+]1C. The maximum atomic E-state index is 2.38. The average molecular weight is 311 g/mol. The minimum Gasteiger partial charge on any atom is -0.200 e. The highest BCUT2D eigenvalue weighted by molar-refractivity contribution is 5.67. The zero-order valence-corrected chi connectivity index (χ0v) is 16.3. The van der Waals surface area contributed by atoms with E-state index >= 15 is 0 Å². The van der Waals surface area contributed by atoms with E-state index in [1.807, 2.05) is 0 Å². The second kappa shape index (κ2) is 6.11. The van der Waals surface area contributed by atoms with Gasteiger partial charge < -0.3 is 0 Å². The molecule has 0 bridgehead atoms. The monoisotopic (exact) mass is 310 g/mol. The second-order valence-corrected chi connectivity index (χ2v) is 8.23. The third kappa shape index (κ3) is 3.34. The molecule has 0 saturated heterocycles. The zero-order valence-electron chi connectivity index (χ0n) is 16.3. The predicted molar refractivity (Wildman–Crippen MR) is 100 cm³/mol. The van der Waals surface area contributed by atoms with E-state index in [1.165, 1.54) is 39.1 Å². The molecule has 2 aromatic rings. The van der Waals surface area contributed by atoms with Crippen LogP contribution in [-0.4, -0.2) is 0 Å². The lowest BCUT2D eigenvalue weighted by atomic mass is 9.84. The summed E-state index contributed by atoms with van der Waals surface area (Å²) in [6, 6.07) is 6.91. The Bertz CT molecular complexity index is 731. The quantitative estimate of drug-likeness (QED) is 0.643. The maximum absolute atomic E-state index is 2.38. The first-order valence-corrected chi connectivity index (χ1v) is 8.65. The number of hydrogen-bond donors (Lipinski definition) is 0. The Balaban J connectivity index is 2.75. The van der Waals surface area contributed by atoms with Crippen LogP contribution in [0.25, 0.3) is 11.3 Å². The molecule has 0 amide bonds. The molecule has 0 aliphatic heterocycles. The molecular formula is C22H32N+. The summed E-state index contributed by atoms with van der Waals surface area (Å²) < 4.78 is 2.31. The molecule has 0 atom stereocenters. The van der Waals surface area contributed by atoms with E-state index in [9.17, 15) is 0 Å². The van der Waals surface area contributed by atoms with Crippen LogP contribution >= 0.6 is 0 Å². The molecular weight excluding hydrogens is 278 g/mol. The van der Waals surface area contributed by atoms with Crippen molar-refractivity contribution in [3.05, 3.63) is 52.2 Å². The minimum atomic E-state index is 0.168. The van der Waals surface area contributed by atoms with Crippen LogP contribution in [0.2, 0.25) is 0 Å². The van der Waals surface area contributed by atoms with Crippen molar-refractivity contribution in [1.82, 2.24) is 0 Å². The van der Waals surface area contributed by atoms with E-state index in [0.717, 1.165) is 0 Å². The van der Waals surface area contributed by atoms with Gasteiger partial charge in [0.05, 0.1) is 0 Å². The first-order valence-electron chi connectivity index (χ1n) is 8.65. The Hall–Kier alpha value is -1.63. The fourth-order valence-corrected chi connectivity index (χ4v) is 3.35. The van der Waals surface area contributed by atoms with Crippen molar-refractivity contribution in [3.8, 4) is 11.3 Å². The highest BCUT2D eigenvalue weighted by atomic mass is 14.9. The molecule has 0 aliphatic rings. The Labute approximate surface area is 142 Å². The van der Waals surface area contributed by atoms with Gasteiger partial charge in [0.1, 0.15) is 7.05 Å². The van der Waals surface area contributed by atoms with Gasteiger partial charge in [0.2, 0.25) is 5.69 Å². The van der Waals surface area contributed by atoms with Crippen LogP contribution in [0.3, 0.4) is 0 Å². The summed E-state index contributed by atoms with van der Waals surface area (Å²) >= 11 is 0. The summed E-state index contributed by atoms with van der Waals surface area (Å²) in [6.45, 7) is 18.1. The summed E-state index contributed by atoms with van der Waals surface area (Å²) in [5.74, 6) is 0.552. The van der Waals surface area contributed by atoms with Gasteiger partial charge in [0.15, 0.2) is 6.20 Å². The first-order chi connectivity index (χ1) is 10.5. The topological polar surface area (TPSA) is 3.88 Å². The van der Waals surface area contributed by atoms with E-state index in [0.29, 0.717) is 5.92 Å². The second-order valence-electron chi connectivity index (χ2n) is 8.23. The van der Waals surface area contributed by atoms with Crippen molar-refractivity contribution >= 4 is 0 Å². The number of nitrogens with zero attached hydrogens (tertiary/aromatic N) is 1. The molecule has 124 valence electrons. The van der Waals surface area contributed by atoms with Gasteiger partial charge in [-0.05, 0) is 54.9 Å². The van der Waals surface area contributed by atoms with Crippen molar-refractivity contribution in [1.29, 1.82) is 0 Å². The average Bonchev–Trinajstić information content (AvgIpc) is 2.43. The van der Waals surface area contributed by atoms with Crippen molar-refractivity contribution < 1.29 is 4.57 Å². The van der Waals surface area contributed by atoms with E-state index in [1.54, 1.807) is 0 Å². The van der Waals surface area contributed by atoms with Gasteiger partial charge in [-0.25, -0.2) is 4.57 Å². The fourth-order valence-electron chi connectivity index (χ4n) is 3.35. The summed E-state index contributed by atoms with van der Waals surface area (Å²) in [4.78, 5) is 0. The molecule has 1 aromatic carbocycles. The molecule has 0 aliphatic carbocycles. The van der Waals surface area contributed by atoms with Gasteiger partial charge in [-0.15, -0.1) is 0 Å². The summed E-state index contributed by atoms with van der Waals surface area (Å²) in [5, 5.41) is 0. The number of aromatic nitrogens is 1. The van der Waals surface area contributed by atoms with Crippen LogP contribution in [0.15, 0.2) is 24.4 Å². The molecule has 0 spiro atoms. The summed E-state index contributed by atoms with van der Waals surface area (Å²) in [6.07, 6.45) is 2.31. The minimum absolute atomic E-state index is 0.168. The molecule has 23 heavy (non-hydrogen) atoms. The lowest BCUT2D eigenvalue weighted by Gasteiger charge is -2.21. The molecule has 0 radical (unpaired) electrons. The van der Waals surface area contributed by atoms with E-state index in [-0.39, 0.29) is 5.41 Å². The molecule has 1 aromatic heterocycles. The Morgan fingerprint density at radius 2 is 1.57 bits per heavy atom. The van der Waals surface area contributed by atoms with Gasteiger partial charge in [-0.1, -0.05) is 46.8 Å². The van der Waals surface area contributed by atoms with E-state index in [2.05, 4.69) is 91.4 Å². The highest BCUT2D eigenvalue weighted by Gasteiger charge is 2.23. The Morgan fingerprint density at radius 3 is 2.09 bits per heavy atom. The van der Waals surface area contributed by atoms with Gasteiger partial charge >= 0.3 is 0 Å². The van der Waals surface area contributed by atoms with Crippen LogP contribution in [0.5, 0.6) is 0 Å².